The molecule has 0 aromatic heterocycles. The number of likely N-dealkylation sites (tertiary alicyclic amines) is 1. The van der Waals surface area contributed by atoms with Gasteiger partial charge >= 0.3 is 0 Å². The van der Waals surface area contributed by atoms with Crippen molar-refractivity contribution in [3.63, 3.8) is 0 Å². The number of para-hydroxylation sites is 1. The number of rotatable bonds is 4. The third kappa shape index (κ3) is 4.48. The van der Waals surface area contributed by atoms with Crippen LogP contribution in [0.2, 0.25) is 0 Å². The molecule has 1 heterocycles. The number of nitrogens with zero attached hydrogens (tertiary/aromatic N) is 1. The molecule has 0 saturated carbocycles. The summed E-state index contributed by atoms with van der Waals surface area (Å²) in [5, 5.41) is 7.25. The molecule has 0 aliphatic carbocycles. The van der Waals surface area contributed by atoms with Gasteiger partial charge in [-0.05, 0) is 57.1 Å². The number of hydrogen-bond acceptors (Lipinski definition) is 2. The molecule has 104 valence electrons. The maximum absolute atomic E-state index is 5.32. The summed E-state index contributed by atoms with van der Waals surface area (Å²) in [6, 6.07) is 10.7. The highest BCUT2D eigenvalue weighted by Crippen LogP contribution is 2.17. The summed E-state index contributed by atoms with van der Waals surface area (Å²) in [5.74, 6) is 0.706. The second kappa shape index (κ2) is 6.87. The molecule has 1 aliphatic rings. The van der Waals surface area contributed by atoms with Crippen LogP contribution in [0.3, 0.4) is 0 Å². The van der Waals surface area contributed by atoms with E-state index in [4.69, 9.17) is 12.2 Å². The van der Waals surface area contributed by atoms with Crippen molar-refractivity contribution < 1.29 is 0 Å². The van der Waals surface area contributed by atoms with E-state index in [1.165, 1.54) is 19.5 Å². The van der Waals surface area contributed by atoms with Crippen LogP contribution in [0.4, 0.5) is 5.69 Å². The minimum atomic E-state index is 0.652. The minimum absolute atomic E-state index is 0.652. The zero-order valence-corrected chi connectivity index (χ0v) is 12.5. The maximum atomic E-state index is 5.32. The molecule has 1 aliphatic heterocycles. The van der Waals surface area contributed by atoms with Gasteiger partial charge in [0.25, 0.3) is 0 Å². The Bertz CT molecular complexity index is 405. The molecule has 3 nitrogen and oxygen atoms in total. The van der Waals surface area contributed by atoms with Gasteiger partial charge in [-0.25, -0.2) is 0 Å². The largest absolute Gasteiger partial charge is 0.362 e. The first-order chi connectivity index (χ1) is 9.15. The highest BCUT2D eigenvalue weighted by molar-refractivity contribution is 7.80. The van der Waals surface area contributed by atoms with Gasteiger partial charge in [-0.1, -0.05) is 18.2 Å². The molecule has 19 heavy (non-hydrogen) atoms. The van der Waals surface area contributed by atoms with Crippen LogP contribution in [0.1, 0.15) is 20.3 Å². The zero-order chi connectivity index (χ0) is 13.7. The van der Waals surface area contributed by atoms with Crippen LogP contribution in [-0.4, -0.2) is 35.7 Å². The van der Waals surface area contributed by atoms with E-state index in [1.807, 2.05) is 30.3 Å². The third-order valence-electron chi connectivity index (χ3n) is 3.63. The van der Waals surface area contributed by atoms with Crippen LogP contribution in [0.25, 0.3) is 0 Å². The van der Waals surface area contributed by atoms with E-state index in [2.05, 4.69) is 29.4 Å². The molecule has 1 atom stereocenters. The average Bonchev–Trinajstić information content (AvgIpc) is 2.86. The summed E-state index contributed by atoms with van der Waals surface area (Å²) in [6.07, 6.45) is 1.26. The molecule has 1 aromatic rings. The first-order valence-electron chi connectivity index (χ1n) is 6.99. The van der Waals surface area contributed by atoms with E-state index in [-0.39, 0.29) is 0 Å². The Morgan fingerprint density at radius 1 is 1.37 bits per heavy atom. The Labute approximate surface area is 121 Å². The average molecular weight is 277 g/mol. The molecular weight excluding hydrogens is 254 g/mol. The molecule has 0 spiro atoms. The van der Waals surface area contributed by atoms with Crippen molar-refractivity contribution in [3.05, 3.63) is 30.3 Å². The van der Waals surface area contributed by atoms with Crippen LogP contribution in [-0.2, 0) is 0 Å². The molecule has 0 amide bonds. The van der Waals surface area contributed by atoms with E-state index in [1.54, 1.807) is 0 Å². The van der Waals surface area contributed by atoms with Gasteiger partial charge in [-0.15, -0.1) is 0 Å². The molecule has 1 unspecified atom stereocenters. The van der Waals surface area contributed by atoms with Gasteiger partial charge < -0.3 is 15.5 Å². The monoisotopic (exact) mass is 277 g/mol. The maximum Gasteiger partial charge on any atom is 0.170 e. The summed E-state index contributed by atoms with van der Waals surface area (Å²) in [7, 11) is 0. The Balaban J connectivity index is 1.70. The standard InChI is InChI=1S/C15H23N3S/c1-12(2)18-9-8-13(11-18)10-16-15(19)17-14-6-4-3-5-7-14/h3-7,12-13H,8-11H2,1-2H3,(H2,16,17,19). The normalized spacial score (nSPS) is 19.6. The fourth-order valence-electron chi connectivity index (χ4n) is 2.43. The number of anilines is 1. The molecule has 2 N–H and O–H groups in total. The molecule has 4 heteroatoms. The Kier molecular flexibility index (Phi) is 5.16. The van der Waals surface area contributed by atoms with E-state index in [0.29, 0.717) is 17.1 Å². The van der Waals surface area contributed by atoms with Gasteiger partial charge in [0.15, 0.2) is 5.11 Å². The van der Waals surface area contributed by atoms with Gasteiger partial charge in [0.05, 0.1) is 0 Å². The van der Waals surface area contributed by atoms with Crippen molar-refractivity contribution in [2.24, 2.45) is 5.92 Å². The van der Waals surface area contributed by atoms with Crippen LogP contribution < -0.4 is 10.6 Å². The van der Waals surface area contributed by atoms with Crippen molar-refractivity contribution in [1.82, 2.24) is 10.2 Å². The molecule has 1 fully saturated rings. The van der Waals surface area contributed by atoms with Gasteiger partial charge in [-0.3, -0.25) is 0 Å². The number of thiocarbonyl (C=S) groups is 1. The summed E-state index contributed by atoms with van der Waals surface area (Å²) in [6.45, 7) is 7.87. The SMILES string of the molecule is CC(C)N1CCC(CNC(=S)Nc2ccccc2)C1. The number of benzene rings is 1. The van der Waals surface area contributed by atoms with E-state index in [9.17, 15) is 0 Å². The third-order valence-corrected chi connectivity index (χ3v) is 3.88. The number of hydrogen-bond donors (Lipinski definition) is 2. The Hall–Kier alpha value is -1.13. The van der Waals surface area contributed by atoms with Crippen LogP contribution in [0, 0.1) is 5.92 Å². The predicted molar refractivity (Wildman–Crippen MR) is 85.5 cm³/mol. The van der Waals surface area contributed by atoms with Crippen molar-refractivity contribution >= 4 is 23.0 Å². The van der Waals surface area contributed by atoms with Crippen LogP contribution >= 0.6 is 12.2 Å². The second-order valence-electron chi connectivity index (χ2n) is 5.44. The molecule has 0 bridgehead atoms. The summed E-state index contributed by atoms with van der Waals surface area (Å²) < 4.78 is 0. The lowest BCUT2D eigenvalue weighted by Gasteiger charge is -2.20. The van der Waals surface area contributed by atoms with E-state index >= 15 is 0 Å². The predicted octanol–water partition coefficient (Wildman–Crippen LogP) is 2.70. The van der Waals surface area contributed by atoms with Gasteiger partial charge in [0.1, 0.15) is 0 Å². The Morgan fingerprint density at radius 2 is 2.11 bits per heavy atom. The lowest BCUT2D eigenvalue weighted by atomic mass is 10.1. The van der Waals surface area contributed by atoms with Crippen molar-refractivity contribution in [2.45, 2.75) is 26.3 Å². The fraction of sp³-hybridized carbons (Fsp3) is 0.533. The smallest absolute Gasteiger partial charge is 0.170 e. The van der Waals surface area contributed by atoms with E-state index < -0.39 is 0 Å². The Morgan fingerprint density at radius 3 is 2.74 bits per heavy atom. The molecule has 2 rings (SSSR count). The summed E-state index contributed by atoms with van der Waals surface area (Å²) >= 11 is 5.32. The highest BCUT2D eigenvalue weighted by atomic mass is 32.1. The highest BCUT2D eigenvalue weighted by Gasteiger charge is 2.23. The van der Waals surface area contributed by atoms with Gasteiger partial charge in [0.2, 0.25) is 0 Å². The second-order valence-corrected chi connectivity index (χ2v) is 5.85. The first-order valence-corrected chi connectivity index (χ1v) is 7.40. The van der Waals surface area contributed by atoms with E-state index in [0.717, 1.165) is 12.2 Å². The van der Waals surface area contributed by atoms with Crippen molar-refractivity contribution in [3.8, 4) is 0 Å². The molecule has 1 saturated heterocycles. The quantitative estimate of drug-likeness (QED) is 0.828. The fourth-order valence-corrected chi connectivity index (χ4v) is 2.63. The van der Waals surface area contributed by atoms with Crippen LogP contribution in [0.5, 0.6) is 0 Å². The van der Waals surface area contributed by atoms with Crippen LogP contribution in [0.15, 0.2) is 30.3 Å². The zero-order valence-electron chi connectivity index (χ0n) is 11.7. The molecule has 1 aromatic carbocycles. The first kappa shape index (κ1) is 14.3. The number of nitrogens with one attached hydrogen (secondary N) is 2. The van der Waals surface area contributed by atoms with Gasteiger partial charge in [0, 0.05) is 24.8 Å². The molecular formula is C15H23N3S. The van der Waals surface area contributed by atoms with Gasteiger partial charge in [-0.2, -0.15) is 0 Å². The summed E-state index contributed by atoms with van der Waals surface area (Å²) in [4.78, 5) is 2.53. The van der Waals surface area contributed by atoms with Crippen molar-refractivity contribution in [1.29, 1.82) is 0 Å². The summed E-state index contributed by atoms with van der Waals surface area (Å²) in [5.41, 5.74) is 1.04. The topological polar surface area (TPSA) is 27.3 Å². The minimum Gasteiger partial charge on any atom is -0.362 e. The molecule has 0 radical (unpaired) electrons. The van der Waals surface area contributed by atoms with Crippen molar-refractivity contribution in [2.75, 3.05) is 25.0 Å². The lowest BCUT2D eigenvalue weighted by Crippen LogP contribution is -2.35. The lowest BCUT2D eigenvalue weighted by molar-refractivity contribution is 0.265.